The van der Waals surface area contributed by atoms with Gasteiger partial charge in [-0.3, -0.25) is 9.36 Å². The summed E-state index contributed by atoms with van der Waals surface area (Å²) in [5.41, 5.74) is 3.52. The molecule has 2 unspecified atom stereocenters. The Labute approximate surface area is 174 Å². The molecule has 0 aliphatic heterocycles. The van der Waals surface area contributed by atoms with E-state index in [9.17, 15) is 23.7 Å². The minimum Gasteiger partial charge on any atom is -0.481 e. The van der Waals surface area contributed by atoms with Crippen LogP contribution >= 0.6 is 7.37 Å². The topological polar surface area (TPSA) is 94.8 Å². The number of aliphatic hydroxyl groups is 1. The molecule has 158 valence electrons. The summed E-state index contributed by atoms with van der Waals surface area (Å²) in [6.45, 7) is 1.93. The Kier molecular flexibility index (Phi) is 6.71. The fraction of sp³-hybridized carbons (Fsp3) is 0.261. The van der Waals surface area contributed by atoms with Gasteiger partial charge in [-0.05, 0) is 58.5 Å². The number of hydrogen-bond donors (Lipinski definition) is 3. The molecule has 0 radical (unpaired) electrons. The molecule has 0 bridgehead atoms. The molecule has 3 aromatic rings. The Morgan fingerprint density at radius 3 is 2.47 bits per heavy atom. The van der Waals surface area contributed by atoms with E-state index in [0.717, 1.165) is 33.0 Å². The van der Waals surface area contributed by atoms with Crippen molar-refractivity contribution in [3.63, 3.8) is 0 Å². The SMILES string of the molecule is Cc1cc2ccccc2c(-c2ccc(F)cc2)c1CCP(=O)(O)CC(O)CC(=O)O. The summed E-state index contributed by atoms with van der Waals surface area (Å²) >= 11 is 0. The Morgan fingerprint density at radius 1 is 1.13 bits per heavy atom. The predicted molar refractivity (Wildman–Crippen MR) is 116 cm³/mol. The highest BCUT2D eigenvalue weighted by Gasteiger charge is 2.25. The molecule has 3 aromatic carbocycles. The van der Waals surface area contributed by atoms with Gasteiger partial charge in [-0.15, -0.1) is 0 Å². The summed E-state index contributed by atoms with van der Waals surface area (Å²) in [5, 5.41) is 20.5. The van der Waals surface area contributed by atoms with Crippen molar-refractivity contribution in [2.24, 2.45) is 0 Å². The van der Waals surface area contributed by atoms with Crippen LogP contribution < -0.4 is 0 Å². The minimum absolute atomic E-state index is 0.0863. The van der Waals surface area contributed by atoms with Crippen molar-refractivity contribution >= 4 is 24.1 Å². The maximum absolute atomic E-state index is 13.5. The molecule has 0 aliphatic carbocycles. The largest absolute Gasteiger partial charge is 0.481 e. The van der Waals surface area contributed by atoms with Gasteiger partial charge in [0.25, 0.3) is 0 Å². The molecular formula is C23H24FO5P. The van der Waals surface area contributed by atoms with Crippen molar-refractivity contribution in [1.29, 1.82) is 0 Å². The van der Waals surface area contributed by atoms with Gasteiger partial charge < -0.3 is 15.1 Å². The van der Waals surface area contributed by atoms with Gasteiger partial charge in [0.1, 0.15) is 5.82 Å². The molecule has 0 aromatic heterocycles. The first-order valence-electron chi connectivity index (χ1n) is 9.64. The highest BCUT2D eigenvalue weighted by molar-refractivity contribution is 7.58. The number of aryl methyl sites for hydroxylation is 1. The first kappa shape index (κ1) is 22.2. The predicted octanol–water partition coefficient (Wildman–Crippen LogP) is 4.60. The highest BCUT2D eigenvalue weighted by Crippen LogP contribution is 2.44. The zero-order valence-electron chi connectivity index (χ0n) is 16.6. The summed E-state index contributed by atoms with van der Waals surface area (Å²) in [6.07, 6.45) is -2.21. The van der Waals surface area contributed by atoms with Crippen LogP contribution in [0.1, 0.15) is 17.5 Å². The van der Waals surface area contributed by atoms with Gasteiger partial charge in [0.15, 0.2) is 0 Å². The van der Waals surface area contributed by atoms with E-state index in [0.29, 0.717) is 0 Å². The molecule has 3 N–H and O–H groups in total. The first-order chi connectivity index (χ1) is 14.2. The van der Waals surface area contributed by atoms with Crippen molar-refractivity contribution < 1.29 is 28.9 Å². The summed E-state index contributed by atoms with van der Waals surface area (Å²) in [5.74, 6) is -1.56. The van der Waals surface area contributed by atoms with E-state index < -0.39 is 32.0 Å². The molecule has 30 heavy (non-hydrogen) atoms. The number of carboxylic acid groups (broad SMARTS) is 1. The normalized spacial score (nSPS) is 14.4. The monoisotopic (exact) mass is 430 g/mol. The van der Waals surface area contributed by atoms with E-state index in [1.165, 1.54) is 12.1 Å². The smallest absolute Gasteiger partial charge is 0.305 e. The molecule has 0 fully saturated rings. The van der Waals surface area contributed by atoms with Gasteiger partial charge >= 0.3 is 5.97 Å². The summed E-state index contributed by atoms with van der Waals surface area (Å²) in [4.78, 5) is 21.0. The van der Waals surface area contributed by atoms with E-state index in [1.54, 1.807) is 12.1 Å². The van der Waals surface area contributed by atoms with Crippen molar-refractivity contribution in [3.05, 3.63) is 71.5 Å². The highest BCUT2D eigenvalue weighted by atomic mass is 31.2. The molecule has 0 heterocycles. The maximum Gasteiger partial charge on any atom is 0.305 e. The Hall–Kier alpha value is -2.53. The quantitative estimate of drug-likeness (QED) is 0.454. The molecule has 0 amide bonds. The van der Waals surface area contributed by atoms with Crippen LogP contribution in [0.25, 0.3) is 21.9 Å². The van der Waals surface area contributed by atoms with Gasteiger partial charge in [-0.25, -0.2) is 4.39 Å². The summed E-state index contributed by atoms with van der Waals surface area (Å²) in [6, 6.07) is 16.0. The molecule has 0 saturated heterocycles. The Morgan fingerprint density at radius 2 is 1.80 bits per heavy atom. The number of aliphatic hydroxyl groups excluding tert-OH is 1. The lowest BCUT2D eigenvalue weighted by molar-refractivity contribution is -0.138. The average Bonchev–Trinajstić information content (AvgIpc) is 2.65. The number of aliphatic carboxylic acids is 1. The second-order valence-corrected chi connectivity index (χ2v) is 10.0. The molecule has 3 rings (SSSR count). The lowest BCUT2D eigenvalue weighted by atomic mass is 9.89. The second-order valence-electron chi connectivity index (χ2n) is 7.53. The lowest BCUT2D eigenvalue weighted by Gasteiger charge is -2.19. The fourth-order valence-electron chi connectivity index (χ4n) is 3.77. The van der Waals surface area contributed by atoms with E-state index in [-0.39, 0.29) is 18.4 Å². The van der Waals surface area contributed by atoms with Crippen molar-refractivity contribution in [2.75, 3.05) is 12.3 Å². The fourth-order valence-corrected chi connectivity index (χ4v) is 5.32. The number of hydrogen-bond acceptors (Lipinski definition) is 3. The average molecular weight is 430 g/mol. The number of halogens is 1. The molecule has 0 aliphatic rings. The zero-order valence-corrected chi connectivity index (χ0v) is 17.5. The molecule has 7 heteroatoms. The van der Waals surface area contributed by atoms with Gasteiger partial charge in [-0.2, -0.15) is 0 Å². The molecule has 0 saturated carbocycles. The standard InChI is InChI=1S/C23H24FO5P/c1-15-12-17-4-2-3-5-21(17)23(16-6-8-18(24)9-7-16)20(15)10-11-30(28,29)14-19(25)13-22(26)27/h2-9,12,19,25H,10-11,13-14H2,1H3,(H,26,27)(H,28,29). The number of carboxylic acids is 1. The van der Waals surface area contributed by atoms with Gasteiger partial charge in [-0.1, -0.05) is 42.5 Å². The van der Waals surface area contributed by atoms with Crippen LogP contribution in [-0.2, 0) is 15.8 Å². The van der Waals surface area contributed by atoms with Crippen LogP contribution in [0.5, 0.6) is 0 Å². The molecule has 5 nitrogen and oxygen atoms in total. The third-order valence-electron chi connectivity index (χ3n) is 5.13. The van der Waals surface area contributed by atoms with Crippen LogP contribution in [0, 0.1) is 12.7 Å². The van der Waals surface area contributed by atoms with Crippen LogP contribution in [-0.4, -0.2) is 39.5 Å². The number of fused-ring (bicyclic) bond motifs is 1. The molecular weight excluding hydrogens is 406 g/mol. The molecule has 2 atom stereocenters. The van der Waals surface area contributed by atoms with Gasteiger partial charge in [0.2, 0.25) is 7.37 Å². The minimum atomic E-state index is -3.74. The van der Waals surface area contributed by atoms with Crippen LogP contribution in [0.15, 0.2) is 54.6 Å². The van der Waals surface area contributed by atoms with Gasteiger partial charge in [0.05, 0.1) is 18.7 Å². The third kappa shape index (κ3) is 5.33. The van der Waals surface area contributed by atoms with Crippen LogP contribution in [0.4, 0.5) is 4.39 Å². The van der Waals surface area contributed by atoms with Crippen molar-refractivity contribution in [3.8, 4) is 11.1 Å². The number of carbonyl (C=O) groups is 1. The first-order valence-corrected chi connectivity index (χ1v) is 11.7. The summed E-state index contributed by atoms with van der Waals surface area (Å²) < 4.78 is 26.1. The number of rotatable bonds is 8. The van der Waals surface area contributed by atoms with Crippen molar-refractivity contribution in [1.82, 2.24) is 0 Å². The lowest BCUT2D eigenvalue weighted by Crippen LogP contribution is -2.18. The maximum atomic E-state index is 13.5. The second kappa shape index (κ2) is 9.09. The van der Waals surface area contributed by atoms with Gasteiger partial charge in [0, 0.05) is 6.16 Å². The summed E-state index contributed by atoms with van der Waals surface area (Å²) in [7, 11) is -3.74. The Balaban J connectivity index is 1.98. The van der Waals surface area contributed by atoms with E-state index in [1.807, 2.05) is 37.3 Å². The van der Waals surface area contributed by atoms with E-state index >= 15 is 0 Å². The number of benzene rings is 3. The molecule has 0 spiro atoms. The Bertz CT molecular complexity index is 1110. The zero-order chi connectivity index (χ0) is 21.9. The van der Waals surface area contributed by atoms with E-state index in [2.05, 4.69) is 0 Å². The van der Waals surface area contributed by atoms with Crippen LogP contribution in [0.2, 0.25) is 0 Å². The third-order valence-corrected chi connectivity index (χ3v) is 7.04. The van der Waals surface area contributed by atoms with E-state index in [4.69, 9.17) is 5.11 Å². The van der Waals surface area contributed by atoms with Crippen molar-refractivity contribution in [2.45, 2.75) is 25.9 Å². The van der Waals surface area contributed by atoms with Crippen LogP contribution in [0.3, 0.4) is 0 Å².